The van der Waals surface area contributed by atoms with Gasteiger partial charge >= 0.3 is 35.5 Å². The Morgan fingerprint density at radius 1 is 0.677 bits per heavy atom. The second kappa shape index (κ2) is 28.2. The summed E-state index contributed by atoms with van der Waals surface area (Å²) in [7, 11) is 0. The second-order valence-electron chi connectivity index (χ2n) is 9.51. The summed E-state index contributed by atoms with van der Waals surface area (Å²) in [6.07, 6.45) is 29.6. The summed E-state index contributed by atoms with van der Waals surface area (Å²) in [5.41, 5.74) is 0. The van der Waals surface area contributed by atoms with E-state index in [0.29, 0.717) is 13.0 Å². The van der Waals surface area contributed by atoms with Crippen molar-refractivity contribution in [3.8, 4) is 0 Å². The van der Waals surface area contributed by atoms with Gasteiger partial charge in [-0.15, -0.1) is 0 Å². The van der Waals surface area contributed by atoms with E-state index in [1.54, 1.807) is 0 Å². The van der Waals surface area contributed by atoms with Crippen LogP contribution >= 0.6 is 0 Å². The summed E-state index contributed by atoms with van der Waals surface area (Å²) in [5.74, 6) is 0.829. The van der Waals surface area contributed by atoms with Gasteiger partial charge in [0.15, 0.2) is 0 Å². The normalized spacial score (nSPS) is 11.2. The van der Waals surface area contributed by atoms with Crippen LogP contribution in [0.2, 0.25) is 0 Å². The zero-order valence-corrected chi connectivity index (χ0v) is 20.9. The molecule has 0 bridgehead atoms. The van der Waals surface area contributed by atoms with Crippen LogP contribution in [-0.4, -0.2) is 42.1 Å². The molecule has 0 amide bonds. The van der Waals surface area contributed by atoms with Gasteiger partial charge in [-0.1, -0.05) is 116 Å². The van der Waals surface area contributed by atoms with Crippen molar-refractivity contribution in [3.05, 3.63) is 12.2 Å². The molecule has 0 aromatic rings. The van der Waals surface area contributed by atoms with E-state index in [4.69, 9.17) is 4.74 Å². The molecular weight excluding hydrogens is 391 g/mol. The minimum atomic E-state index is 0. The molecule has 0 radical (unpaired) electrons. The van der Waals surface area contributed by atoms with E-state index in [-0.39, 0.29) is 35.5 Å². The molecule has 0 saturated heterocycles. The number of allylic oxidation sites excluding steroid dienone is 2. The van der Waals surface area contributed by atoms with Gasteiger partial charge in [0.25, 0.3) is 0 Å². The van der Waals surface area contributed by atoms with E-state index in [1.165, 1.54) is 103 Å². The zero-order valence-electron chi connectivity index (χ0n) is 20.9. The quantitative estimate of drug-likeness (QED) is 0.0677. The van der Waals surface area contributed by atoms with Gasteiger partial charge in [0.05, 0.1) is 6.61 Å². The molecule has 0 heterocycles. The summed E-state index contributed by atoms with van der Waals surface area (Å²) in [5, 5.41) is 0. The van der Waals surface area contributed by atoms with E-state index in [1.807, 2.05) is 0 Å². The molecule has 2 nitrogen and oxygen atoms in total. The second-order valence-corrected chi connectivity index (χ2v) is 9.51. The molecule has 0 aliphatic rings. The van der Waals surface area contributed by atoms with Gasteiger partial charge < -0.3 is 4.74 Å². The third kappa shape index (κ3) is 30.2. The predicted octanol–water partition coefficient (Wildman–Crippen LogP) is 8.92. The number of rotatable bonds is 23. The molecule has 0 atom stereocenters. The Labute approximate surface area is 218 Å². The van der Waals surface area contributed by atoms with E-state index < -0.39 is 0 Å². The average Bonchev–Trinajstić information content (AvgIpc) is 2.72. The van der Waals surface area contributed by atoms with Crippen LogP contribution in [0, 0.1) is 5.92 Å². The average molecular weight is 447 g/mol. The predicted molar refractivity (Wildman–Crippen MR) is 140 cm³/mol. The molecule has 0 fully saturated rings. The van der Waals surface area contributed by atoms with Crippen LogP contribution in [0.4, 0.5) is 0 Å². The first-order chi connectivity index (χ1) is 14.7. The van der Waals surface area contributed by atoms with Gasteiger partial charge in [-0.05, 0) is 44.4 Å². The van der Waals surface area contributed by atoms with Crippen molar-refractivity contribution in [2.24, 2.45) is 5.92 Å². The van der Waals surface area contributed by atoms with Crippen LogP contribution in [0.3, 0.4) is 0 Å². The molecule has 31 heavy (non-hydrogen) atoms. The maximum absolute atomic E-state index is 11.8. The van der Waals surface area contributed by atoms with E-state index >= 15 is 0 Å². The van der Waals surface area contributed by atoms with E-state index in [9.17, 15) is 4.79 Å². The number of unbranched alkanes of at least 4 members (excludes halogenated alkanes) is 15. The number of hydrogen-bond acceptors (Lipinski definition) is 2. The topological polar surface area (TPSA) is 26.3 Å². The van der Waals surface area contributed by atoms with Crippen molar-refractivity contribution < 1.29 is 9.53 Å². The molecule has 0 aromatic heterocycles. The number of carbonyl (C=O) groups excluding carboxylic acids is 1. The van der Waals surface area contributed by atoms with Crippen molar-refractivity contribution in [1.29, 1.82) is 0 Å². The third-order valence-corrected chi connectivity index (χ3v) is 5.83. The van der Waals surface area contributed by atoms with Crippen LogP contribution in [0.15, 0.2) is 12.2 Å². The fraction of sp³-hybridized carbons (Fsp3) is 0.893. The first-order valence-corrected chi connectivity index (χ1v) is 13.5. The van der Waals surface area contributed by atoms with Gasteiger partial charge in [-0.25, -0.2) is 0 Å². The Balaban J connectivity index is 0. The Hall–Kier alpha value is 0.210. The minimum absolute atomic E-state index is 0. The molecular formula is C28H55NaO2. The molecule has 0 aliphatic heterocycles. The number of hydrogen-bond donors (Lipinski definition) is 0. The van der Waals surface area contributed by atoms with Gasteiger partial charge in [-0.2, -0.15) is 0 Å². The number of esters is 1. The fourth-order valence-electron chi connectivity index (χ4n) is 3.78. The van der Waals surface area contributed by atoms with Crippen LogP contribution < -0.4 is 0 Å². The zero-order chi connectivity index (χ0) is 22.1. The van der Waals surface area contributed by atoms with Gasteiger partial charge in [-0.3, -0.25) is 4.79 Å². The molecule has 0 N–H and O–H groups in total. The molecule has 0 aromatic carbocycles. The first-order valence-electron chi connectivity index (χ1n) is 13.5. The van der Waals surface area contributed by atoms with Crippen LogP contribution in [-0.2, 0) is 9.53 Å². The van der Waals surface area contributed by atoms with Crippen LogP contribution in [0.1, 0.15) is 149 Å². The van der Waals surface area contributed by atoms with Crippen LogP contribution in [0.25, 0.3) is 0 Å². The van der Waals surface area contributed by atoms with Crippen molar-refractivity contribution >= 4 is 35.5 Å². The van der Waals surface area contributed by atoms with Gasteiger partial charge in [0.2, 0.25) is 0 Å². The van der Waals surface area contributed by atoms with E-state index in [0.717, 1.165) is 25.2 Å². The van der Waals surface area contributed by atoms with Crippen molar-refractivity contribution in [2.75, 3.05) is 6.61 Å². The maximum atomic E-state index is 11.8. The number of carbonyl (C=O) groups is 1. The summed E-state index contributed by atoms with van der Waals surface area (Å²) >= 11 is 0. The van der Waals surface area contributed by atoms with Gasteiger partial charge in [0.1, 0.15) is 0 Å². The molecule has 180 valence electrons. The Kier molecular flexibility index (Phi) is 30.4. The SMILES string of the molecule is CCCCCCCC/C=C\CCCCCCCC(=O)OCCCCCCCC(C)C.[NaH]. The summed E-state index contributed by atoms with van der Waals surface area (Å²) in [4.78, 5) is 11.8. The first kappa shape index (κ1) is 33.4. The summed E-state index contributed by atoms with van der Waals surface area (Å²) < 4.78 is 5.36. The molecule has 0 aliphatic carbocycles. The Morgan fingerprint density at radius 2 is 1.16 bits per heavy atom. The van der Waals surface area contributed by atoms with Gasteiger partial charge in [0, 0.05) is 6.42 Å². The third-order valence-electron chi connectivity index (χ3n) is 5.83. The van der Waals surface area contributed by atoms with Crippen molar-refractivity contribution in [2.45, 2.75) is 149 Å². The number of ether oxygens (including phenoxy) is 1. The Morgan fingerprint density at radius 3 is 1.74 bits per heavy atom. The monoisotopic (exact) mass is 446 g/mol. The molecule has 0 rings (SSSR count). The van der Waals surface area contributed by atoms with Crippen LogP contribution in [0.5, 0.6) is 0 Å². The molecule has 3 heteroatoms. The standard InChI is InChI=1S/C28H54O2.Na.H/c1-4-5-6-7-8-9-10-11-12-13-14-15-16-19-22-25-28(29)30-26-23-20-17-18-21-24-27(2)3;;/h11-12,27H,4-10,13-26H2,1-3H3;;/b12-11-;;. The van der Waals surface area contributed by atoms with E-state index in [2.05, 4.69) is 32.9 Å². The fourth-order valence-corrected chi connectivity index (χ4v) is 3.78. The molecule has 0 spiro atoms. The molecule has 0 saturated carbocycles. The van der Waals surface area contributed by atoms with Crippen molar-refractivity contribution in [3.63, 3.8) is 0 Å². The van der Waals surface area contributed by atoms with Crippen molar-refractivity contribution in [1.82, 2.24) is 0 Å². The Bertz CT molecular complexity index is 379. The summed E-state index contributed by atoms with van der Waals surface area (Å²) in [6, 6.07) is 0. The molecule has 0 unspecified atom stereocenters. The summed E-state index contributed by atoms with van der Waals surface area (Å²) in [6.45, 7) is 7.47.